The van der Waals surface area contributed by atoms with E-state index in [2.05, 4.69) is 29.2 Å². The Morgan fingerprint density at radius 2 is 1.89 bits per heavy atom. The van der Waals surface area contributed by atoms with Gasteiger partial charge in [-0.05, 0) is 30.9 Å². The first-order chi connectivity index (χ1) is 8.75. The van der Waals surface area contributed by atoms with Crippen LogP contribution in [0, 0.1) is 0 Å². The van der Waals surface area contributed by atoms with Gasteiger partial charge in [0.2, 0.25) is 0 Å². The molecule has 0 aliphatic carbocycles. The second kappa shape index (κ2) is 4.52. The zero-order valence-corrected chi connectivity index (χ0v) is 10.4. The van der Waals surface area contributed by atoms with Crippen LogP contribution in [0.2, 0.25) is 0 Å². The first-order valence-electron chi connectivity index (χ1n) is 6.58. The summed E-state index contributed by atoms with van der Waals surface area (Å²) in [6.07, 6.45) is 2.23. The third kappa shape index (κ3) is 1.92. The summed E-state index contributed by atoms with van der Waals surface area (Å²) in [5, 5.41) is 8.96. The summed E-state index contributed by atoms with van der Waals surface area (Å²) in [6, 6.07) is 9.07. The summed E-state index contributed by atoms with van der Waals surface area (Å²) >= 11 is 0. The first-order valence-corrected chi connectivity index (χ1v) is 6.58. The van der Waals surface area contributed by atoms with Crippen molar-refractivity contribution in [3.05, 3.63) is 29.8 Å². The number of hydrogen-bond donors (Lipinski definition) is 1. The van der Waals surface area contributed by atoms with Crippen molar-refractivity contribution in [2.45, 2.75) is 25.3 Å². The number of likely N-dealkylation sites (tertiary alicyclic amines) is 1. The van der Waals surface area contributed by atoms with E-state index in [4.69, 9.17) is 5.11 Å². The van der Waals surface area contributed by atoms with E-state index in [0.717, 1.165) is 25.8 Å². The number of piperidine rings is 1. The van der Waals surface area contributed by atoms with Crippen molar-refractivity contribution in [2.75, 3.05) is 24.5 Å². The molecule has 0 unspecified atom stereocenters. The molecule has 0 aromatic heterocycles. The van der Waals surface area contributed by atoms with Crippen molar-refractivity contribution >= 4 is 11.8 Å². The number of anilines is 1. The highest BCUT2D eigenvalue weighted by Gasteiger charge is 2.30. The van der Waals surface area contributed by atoms with E-state index < -0.39 is 6.09 Å². The summed E-state index contributed by atoms with van der Waals surface area (Å²) in [4.78, 5) is 14.9. The average molecular weight is 246 g/mol. The van der Waals surface area contributed by atoms with Gasteiger partial charge in [-0.2, -0.15) is 0 Å². The summed E-state index contributed by atoms with van der Waals surface area (Å²) in [7, 11) is 0. The average Bonchev–Trinajstić information content (AvgIpc) is 2.82. The monoisotopic (exact) mass is 246 g/mol. The molecule has 0 bridgehead atoms. The Kier molecular flexibility index (Phi) is 2.86. The standard InChI is InChI=1S/C14H18N2O2/c17-14(18)15-8-6-12(7-9-15)16-10-5-11-3-1-2-4-13(11)16/h1-4,12H,5-10H2,(H,17,18). The lowest BCUT2D eigenvalue weighted by Gasteiger charge is -2.37. The fourth-order valence-corrected chi connectivity index (χ4v) is 3.11. The number of fused-ring (bicyclic) bond motifs is 1. The van der Waals surface area contributed by atoms with E-state index in [1.165, 1.54) is 16.2 Å². The molecule has 2 aliphatic heterocycles. The van der Waals surface area contributed by atoms with Gasteiger partial charge in [-0.1, -0.05) is 18.2 Å². The van der Waals surface area contributed by atoms with Gasteiger partial charge in [-0.3, -0.25) is 0 Å². The van der Waals surface area contributed by atoms with Crippen LogP contribution in [0.15, 0.2) is 24.3 Å². The van der Waals surface area contributed by atoms with Crippen LogP contribution in [0.5, 0.6) is 0 Å². The number of carboxylic acid groups (broad SMARTS) is 1. The van der Waals surface area contributed by atoms with Crippen molar-refractivity contribution in [2.24, 2.45) is 0 Å². The van der Waals surface area contributed by atoms with Crippen LogP contribution in [0.4, 0.5) is 10.5 Å². The van der Waals surface area contributed by atoms with E-state index in [0.29, 0.717) is 19.1 Å². The minimum atomic E-state index is -0.782. The van der Waals surface area contributed by atoms with E-state index in [-0.39, 0.29) is 0 Å². The predicted molar refractivity (Wildman–Crippen MR) is 70.1 cm³/mol. The fourth-order valence-electron chi connectivity index (χ4n) is 3.11. The van der Waals surface area contributed by atoms with Gasteiger partial charge >= 0.3 is 6.09 Å². The Bertz CT molecular complexity index is 453. The first kappa shape index (κ1) is 11.4. The number of carbonyl (C=O) groups is 1. The van der Waals surface area contributed by atoms with Crippen LogP contribution in [-0.4, -0.2) is 41.8 Å². The van der Waals surface area contributed by atoms with Crippen molar-refractivity contribution in [3.63, 3.8) is 0 Å². The van der Waals surface area contributed by atoms with Gasteiger partial charge in [-0.15, -0.1) is 0 Å². The molecule has 1 N–H and O–H groups in total. The lowest BCUT2D eigenvalue weighted by atomic mass is 10.0. The molecule has 1 fully saturated rings. The fraction of sp³-hybridized carbons (Fsp3) is 0.500. The molecule has 0 atom stereocenters. The molecule has 0 saturated carbocycles. The second-order valence-corrected chi connectivity index (χ2v) is 5.07. The molecule has 4 heteroatoms. The van der Waals surface area contributed by atoms with Crippen LogP contribution in [0.1, 0.15) is 18.4 Å². The molecule has 1 aromatic carbocycles. The largest absolute Gasteiger partial charge is 0.465 e. The van der Waals surface area contributed by atoms with Gasteiger partial charge in [0.1, 0.15) is 0 Å². The SMILES string of the molecule is O=C(O)N1CCC(N2CCc3ccccc32)CC1. The van der Waals surface area contributed by atoms with Gasteiger partial charge in [0.25, 0.3) is 0 Å². The van der Waals surface area contributed by atoms with Crippen molar-refractivity contribution < 1.29 is 9.90 Å². The summed E-state index contributed by atoms with van der Waals surface area (Å²) < 4.78 is 0. The summed E-state index contributed by atoms with van der Waals surface area (Å²) in [6.45, 7) is 2.41. The van der Waals surface area contributed by atoms with Crippen molar-refractivity contribution in [1.29, 1.82) is 0 Å². The van der Waals surface area contributed by atoms with Crippen LogP contribution in [0.3, 0.4) is 0 Å². The highest BCUT2D eigenvalue weighted by molar-refractivity contribution is 5.65. The molecule has 1 amide bonds. The van der Waals surface area contributed by atoms with Gasteiger partial charge in [0.15, 0.2) is 0 Å². The second-order valence-electron chi connectivity index (χ2n) is 5.07. The van der Waals surface area contributed by atoms with Gasteiger partial charge < -0.3 is 14.9 Å². The third-order valence-corrected chi connectivity index (χ3v) is 4.10. The number of para-hydroxylation sites is 1. The molecule has 1 aromatic rings. The highest BCUT2D eigenvalue weighted by atomic mass is 16.4. The number of benzene rings is 1. The smallest absolute Gasteiger partial charge is 0.407 e. The quantitative estimate of drug-likeness (QED) is 0.826. The third-order valence-electron chi connectivity index (χ3n) is 4.10. The maximum Gasteiger partial charge on any atom is 0.407 e. The molecule has 96 valence electrons. The number of hydrogen-bond acceptors (Lipinski definition) is 2. The van der Waals surface area contributed by atoms with Crippen molar-refractivity contribution in [1.82, 2.24) is 4.90 Å². The Balaban J connectivity index is 1.70. The number of nitrogens with zero attached hydrogens (tertiary/aromatic N) is 2. The lowest BCUT2D eigenvalue weighted by molar-refractivity contribution is 0.131. The molecule has 4 nitrogen and oxygen atoms in total. The Morgan fingerprint density at radius 1 is 1.17 bits per heavy atom. The number of amides is 1. The van der Waals surface area contributed by atoms with Crippen LogP contribution in [-0.2, 0) is 6.42 Å². The zero-order chi connectivity index (χ0) is 12.5. The number of rotatable bonds is 1. The Labute approximate surface area is 107 Å². The molecular formula is C14H18N2O2. The molecule has 3 rings (SSSR count). The normalized spacial score (nSPS) is 20.0. The topological polar surface area (TPSA) is 43.8 Å². The van der Waals surface area contributed by atoms with Crippen LogP contribution >= 0.6 is 0 Å². The Morgan fingerprint density at radius 3 is 2.61 bits per heavy atom. The van der Waals surface area contributed by atoms with Crippen molar-refractivity contribution in [3.8, 4) is 0 Å². The lowest BCUT2D eigenvalue weighted by Crippen LogP contribution is -2.46. The molecule has 0 radical (unpaired) electrons. The maximum atomic E-state index is 10.9. The van der Waals surface area contributed by atoms with Crippen LogP contribution in [0.25, 0.3) is 0 Å². The van der Waals surface area contributed by atoms with E-state index in [1.807, 2.05) is 0 Å². The van der Waals surface area contributed by atoms with E-state index in [1.54, 1.807) is 0 Å². The minimum absolute atomic E-state index is 0.504. The Hall–Kier alpha value is -1.71. The van der Waals surface area contributed by atoms with Gasteiger partial charge in [0, 0.05) is 31.4 Å². The molecule has 2 heterocycles. The predicted octanol–water partition coefficient (Wildman–Crippen LogP) is 2.19. The zero-order valence-electron chi connectivity index (χ0n) is 10.4. The molecule has 1 saturated heterocycles. The highest BCUT2D eigenvalue weighted by Crippen LogP contribution is 2.32. The molecule has 0 spiro atoms. The van der Waals surface area contributed by atoms with E-state index in [9.17, 15) is 4.79 Å². The van der Waals surface area contributed by atoms with Gasteiger partial charge in [0.05, 0.1) is 0 Å². The van der Waals surface area contributed by atoms with E-state index >= 15 is 0 Å². The summed E-state index contributed by atoms with van der Waals surface area (Å²) in [5.74, 6) is 0. The maximum absolute atomic E-state index is 10.9. The van der Waals surface area contributed by atoms with Crippen LogP contribution < -0.4 is 4.90 Å². The molecule has 2 aliphatic rings. The minimum Gasteiger partial charge on any atom is -0.465 e. The van der Waals surface area contributed by atoms with Gasteiger partial charge in [-0.25, -0.2) is 4.79 Å². The summed E-state index contributed by atoms with van der Waals surface area (Å²) in [5.41, 5.74) is 2.78. The molecular weight excluding hydrogens is 228 g/mol. The molecule has 18 heavy (non-hydrogen) atoms.